The van der Waals surface area contributed by atoms with Crippen molar-refractivity contribution in [2.75, 3.05) is 6.61 Å². The van der Waals surface area contributed by atoms with Crippen LogP contribution < -0.4 is 5.46 Å². The van der Waals surface area contributed by atoms with Gasteiger partial charge in [0.15, 0.2) is 11.3 Å². The summed E-state index contributed by atoms with van der Waals surface area (Å²) >= 11 is 0. The molecule has 4 rings (SSSR count). The van der Waals surface area contributed by atoms with E-state index >= 15 is 0 Å². The third kappa shape index (κ3) is 3.63. The van der Waals surface area contributed by atoms with Gasteiger partial charge < -0.3 is 4.74 Å². The molecule has 0 spiro atoms. The minimum Gasteiger partial charge on any atom is -0.461 e. The Kier molecular flexibility index (Phi) is 4.88. The standard InChI is InChI=1S/C22H17BFN3O2/c1-3-29-22(28)19-11-20(14-6-4-13(2)5-7-14)27-21(25-19)12-18(26-27)16-9-8-15(23)10-17(16)24/h4-12H,3H2,1-2H3. The fourth-order valence-corrected chi connectivity index (χ4v) is 3.08. The van der Waals surface area contributed by atoms with Crippen molar-refractivity contribution in [1.29, 1.82) is 0 Å². The van der Waals surface area contributed by atoms with Crippen LogP contribution in [0.25, 0.3) is 28.2 Å². The number of nitrogens with zero attached hydrogens (tertiary/aromatic N) is 3. The lowest BCUT2D eigenvalue weighted by molar-refractivity contribution is 0.0519. The second kappa shape index (κ2) is 7.51. The number of benzene rings is 2. The smallest absolute Gasteiger partial charge is 0.357 e. The molecule has 0 saturated carbocycles. The number of fused-ring (bicyclic) bond motifs is 1. The molecule has 0 aliphatic carbocycles. The molecule has 142 valence electrons. The van der Waals surface area contributed by atoms with Gasteiger partial charge in [-0.05, 0) is 26.0 Å². The molecule has 0 saturated heterocycles. The number of rotatable bonds is 4. The fraction of sp³-hybridized carbons (Fsp3) is 0.136. The second-order valence-corrected chi connectivity index (χ2v) is 6.65. The van der Waals surface area contributed by atoms with Crippen LogP contribution in [-0.4, -0.2) is 35.0 Å². The zero-order valence-corrected chi connectivity index (χ0v) is 16.0. The first-order valence-electron chi connectivity index (χ1n) is 9.16. The number of hydrogen-bond donors (Lipinski definition) is 0. The molecule has 7 heteroatoms. The monoisotopic (exact) mass is 385 g/mol. The van der Waals surface area contributed by atoms with Gasteiger partial charge in [-0.3, -0.25) is 0 Å². The number of aryl methyl sites for hydroxylation is 1. The molecule has 0 bridgehead atoms. The van der Waals surface area contributed by atoms with E-state index < -0.39 is 11.8 Å². The maximum Gasteiger partial charge on any atom is 0.357 e. The van der Waals surface area contributed by atoms with Gasteiger partial charge in [-0.2, -0.15) is 5.10 Å². The minimum atomic E-state index is -0.523. The predicted molar refractivity (Wildman–Crippen MR) is 110 cm³/mol. The molecule has 0 amide bonds. The van der Waals surface area contributed by atoms with Gasteiger partial charge in [-0.25, -0.2) is 18.7 Å². The molecule has 0 N–H and O–H groups in total. The number of carbonyl (C=O) groups is 1. The summed E-state index contributed by atoms with van der Waals surface area (Å²) in [7, 11) is 5.65. The highest BCUT2D eigenvalue weighted by molar-refractivity contribution is 6.32. The maximum atomic E-state index is 14.4. The Labute approximate surface area is 168 Å². The third-order valence-electron chi connectivity index (χ3n) is 4.53. The van der Waals surface area contributed by atoms with Crippen molar-refractivity contribution in [2.24, 2.45) is 0 Å². The number of aromatic nitrogens is 3. The lowest BCUT2D eigenvalue weighted by Gasteiger charge is -2.08. The summed E-state index contributed by atoms with van der Waals surface area (Å²) in [6.07, 6.45) is 0. The highest BCUT2D eigenvalue weighted by Gasteiger charge is 2.18. The van der Waals surface area contributed by atoms with Gasteiger partial charge in [0, 0.05) is 17.2 Å². The van der Waals surface area contributed by atoms with Gasteiger partial charge in [0.1, 0.15) is 13.7 Å². The average molecular weight is 385 g/mol. The van der Waals surface area contributed by atoms with Crippen LogP contribution in [0.2, 0.25) is 0 Å². The summed E-state index contributed by atoms with van der Waals surface area (Å²) < 4.78 is 21.1. The van der Waals surface area contributed by atoms with Crippen molar-refractivity contribution in [2.45, 2.75) is 13.8 Å². The zero-order chi connectivity index (χ0) is 20.5. The van der Waals surface area contributed by atoms with E-state index in [2.05, 4.69) is 10.1 Å². The summed E-state index contributed by atoms with van der Waals surface area (Å²) in [6, 6.07) is 15.5. The van der Waals surface area contributed by atoms with Crippen molar-refractivity contribution in [3.63, 3.8) is 0 Å². The second-order valence-electron chi connectivity index (χ2n) is 6.65. The quantitative estimate of drug-likeness (QED) is 0.399. The molecular formula is C22H17BFN3O2. The molecular weight excluding hydrogens is 368 g/mol. The first kappa shape index (κ1) is 18.9. The van der Waals surface area contributed by atoms with Gasteiger partial charge in [0.05, 0.1) is 18.0 Å². The molecule has 5 nitrogen and oxygen atoms in total. The molecule has 0 aliphatic rings. The minimum absolute atomic E-state index is 0.166. The summed E-state index contributed by atoms with van der Waals surface area (Å²) in [5.74, 6) is -0.999. The summed E-state index contributed by atoms with van der Waals surface area (Å²) in [5.41, 5.74) is 4.21. The topological polar surface area (TPSA) is 56.5 Å². The highest BCUT2D eigenvalue weighted by atomic mass is 19.1. The van der Waals surface area contributed by atoms with E-state index in [1.54, 1.807) is 35.7 Å². The van der Waals surface area contributed by atoms with E-state index in [0.29, 0.717) is 28.1 Å². The van der Waals surface area contributed by atoms with E-state index in [-0.39, 0.29) is 12.3 Å². The van der Waals surface area contributed by atoms with Gasteiger partial charge in [0.2, 0.25) is 0 Å². The average Bonchev–Trinajstić information content (AvgIpc) is 3.12. The van der Waals surface area contributed by atoms with Crippen LogP contribution in [0.1, 0.15) is 23.0 Å². The van der Waals surface area contributed by atoms with Crippen molar-refractivity contribution in [3.8, 4) is 22.5 Å². The van der Waals surface area contributed by atoms with Crippen LogP contribution in [0.5, 0.6) is 0 Å². The molecule has 0 fully saturated rings. The number of hydrogen-bond acceptors (Lipinski definition) is 4. The van der Waals surface area contributed by atoms with E-state index in [9.17, 15) is 9.18 Å². The van der Waals surface area contributed by atoms with Crippen LogP contribution in [0.15, 0.2) is 54.6 Å². The normalized spacial score (nSPS) is 11.0. The molecule has 2 radical (unpaired) electrons. The van der Waals surface area contributed by atoms with Gasteiger partial charge in [-0.1, -0.05) is 47.4 Å². The maximum absolute atomic E-state index is 14.4. The molecule has 29 heavy (non-hydrogen) atoms. The lowest BCUT2D eigenvalue weighted by Crippen LogP contribution is -2.09. The van der Waals surface area contributed by atoms with Crippen LogP contribution in [-0.2, 0) is 4.74 Å². The first-order chi connectivity index (χ1) is 14.0. The highest BCUT2D eigenvalue weighted by Crippen LogP contribution is 2.27. The molecule has 2 aromatic carbocycles. The number of esters is 1. The van der Waals surface area contributed by atoms with Crippen molar-refractivity contribution >= 4 is 24.9 Å². The van der Waals surface area contributed by atoms with Crippen LogP contribution >= 0.6 is 0 Å². The number of ether oxygens (including phenoxy) is 1. The Morgan fingerprint density at radius 3 is 2.59 bits per heavy atom. The van der Waals surface area contributed by atoms with E-state index in [1.807, 2.05) is 31.2 Å². The predicted octanol–water partition coefficient (Wildman–Crippen LogP) is 3.48. The van der Waals surface area contributed by atoms with Crippen LogP contribution in [0, 0.1) is 12.7 Å². The van der Waals surface area contributed by atoms with Gasteiger partial charge in [0.25, 0.3) is 0 Å². The third-order valence-corrected chi connectivity index (χ3v) is 4.53. The van der Waals surface area contributed by atoms with Crippen molar-refractivity contribution < 1.29 is 13.9 Å². The van der Waals surface area contributed by atoms with Crippen LogP contribution in [0.4, 0.5) is 4.39 Å². The largest absolute Gasteiger partial charge is 0.461 e. The van der Waals surface area contributed by atoms with E-state index in [1.165, 1.54) is 6.07 Å². The zero-order valence-electron chi connectivity index (χ0n) is 16.0. The molecule has 4 aromatic rings. The lowest BCUT2D eigenvalue weighted by atomic mass is 9.94. The fourth-order valence-electron chi connectivity index (χ4n) is 3.08. The Hall–Kier alpha value is -3.48. The molecule has 2 heterocycles. The number of carbonyl (C=O) groups excluding carboxylic acids is 1. The Bertz CT molecular complexity index is 1220. The molecule has 0 unspecified atom stereocenters. The van der Waals surface area contributed by atoms with Crippen LogP contribution in [0.3, 0.4) is 0 Å². The first-order valence-corrected chi connectivity index (χ1v) is 9.16. The Balaban J connectivity index is 1.94. The summed E-state index contributed by atoms with van der Waals surface area (Å²) in [4.78, 5) is 16.7. The van der Waals surface area contributed by atoms with Gasteiger partial charge >= 0.3 is 5.97 Å². The molecule has 0 aliphatic heterocycles. The van der Waals surface area contributed by atoms with Gasteiger partial charge in [-0.15, -0.1) is 0 Å². The molecule has 0 atom stereocenters. The van der Waals surface area contributed by atoms with Crippen molar-refractivity contribution in [1.82, 2.24) is 14.6 Å². The molecule has 2 aromatic heterocycles. The Morgan fingerprint density at radius 2 is 1.90 bits per heavy atom. The summed E-state index contributed by atoms with van der Waals surface area (Å²) in [5, 5.41) is 4.54. The number of halogens is 1. The SMILES string of the molecule is [B]c1ccc(-c2cc3nc(C(=O)OCC)cc(-c4ccc(C)cc4)n3n2)c(F)c1. The van der Waals surface area contributed by atoms with Crippen molar-refractivity contribution in [3.05, 3.63) is 71.7 Å². The van der Waals surface area contributed by atoms with E-state index in [0.717, 1.165) is 11.1 Å². The summed E-state index contributed by atoms with van der Waals surface area (Å²) in [6.45, 7) is 3.97. The van der Waals surface area contributed by atoms with E-state index in [4.69, 9.17) is 12.6 Å². The Morgan fingerprint density at radius 1 is 1.14 bits per heavy atom.